The van der Waals surface area contributed by atoms with Gasteiger partial charge in [-0.25, -0.2) is 0 Å². The molecule has 82 valence electrons. The molecule has 0 spiro atoms. The predicted octanol–water partition coefficient (Wildman–Crippen LogP) is 3.32. The van der Waals surface area contributed by atoms with Crippen molar-refractivity contribution in [1.29, 1.82) is 0 Å². The van der Waals surface area contributed by atoms with Crippen LogP contribution in [0.25, 0.3) is 11.3 Å². The zero-order valence-electron chi connectivity index (χ0n) is 9.99. The monoisotopic (exact) mass is 212 g/mol. The van der Waals surface area contributed by atoms with Crippen molar-refractivity contribution in [3.63, 3.8) is 0 Å². The van der Waals surface area contributed by atoms with Crippen molar-refractivity contribution in [2.24, 2.45) is 0 Å². The van der Waals surface area contributed by atoms with Crippen molar-refractivity contribution in [1.82, 2.24) is 9.97 Å². The fourth-order valence-electron chi connectivity index (χ4n) is 1.83. The average Bonchev–Trinajstić information content (AvgIpc) is 2.28. The van der Waals surface area contributed by atoms with E-state index in [2.05, 4.69) is 41.2 Å². The molecule has 0 aromatic carbocycles. The third-order valence-corrected chi connectivity index (χ3v) is 2.61. The molecule has 0 aliphatic carbocycles. The SMILES string of the molecule is CCc1ccnc(-c2cc(C)nc(C)c2)c1. The number of rotatable bonds is 2. The maximum absolute atomic E-state index is 4.41. The van der Waals surface area contributed by atoms with E-state index in [0.717, 1.165) is 29.1 Å². The van der Waals surface area contributed by atoms with Crippen LogP contribution >= 0.6 is 0 Å². The molecule has 0 N–H and O–H groups in total. The third kappa shape index (κ3) is 2.27. The number of hydrogen-bond donors (Lipinski definition) is 0. The van der Waals surface area contributed by atoms with Gasteiger partial charge in [0.2, 0.25) is 0 Å². The maximum Gasteiger partial charge on any atom is 0.0706 e. The molecule has 0 saturated heterocycles. The summed E-state index contributed by atoms with van der Waals surface area (Å²) in [6.07, 6.45) is 2.91. The van der Waals surface area contributed by atoms with Gasteiger partial charge < -0.3 is 0 Å². The summed E-state index contributed by atoms with van der Waals surface area (Å²) in [6.45, 7) is 6.18. The van der Waals surface area contributed by atoms with E-state index in [9.17, 15) is 0 Å². The maximum atomic E-state index is 4.41. The first kappa shape index (κ1) is 10.8. The van der Waals surface area contributed by atoms with Gasteiger partial charge in [0, 0.05) is 23.1 Å². The molecule has 0 fully saturated rings. The van der Waals surface area contributed by atoms with E-state index in [1.807, 2.05) is 20.0 Å². The highest BCUT2D eigenvalue weighted by Gasteiger charge is 2.02. The Hall–Kier alpha value is -1.70. The van der Waals surface area contributed by atoms with Crippen LogP contribution in [0.4, 0.5) is 0 Å². The van der Waals surface area contributed by atoms with Gasteiger partial charge in [0.15, 0.2) is 0 Å². The molecule has 0 amide bonds. The van der Waals surface area contributed by atoms with E-state index in [-0.39, 0.29) is 0 Å². The minimum absolute atomic E-state index is 1.04. The zero-order chi connectivity index (χ0) is 11.5. The summed E-state index contributed by atoms with van der Waals surface area (Å²) in [6, 6.07) is 8.36. The molecule has 16 heavy (non-hydrogen) atoms. The molecule has 2 heteroatoms. The van der Waals surface area contributed by atoms with Gasteiger partial charge in [-0.05, 0) is 50.1 Å². The summed E-state index contributed by atoms with van der Waals surface area (Å²) in [5, 5.41) is 0. The Bertz CT molecular complexity index is 484. The van der Waals surface area contributed by atoms with E-state index >= 15 is 0 Å². The molecule has 0 radical (unpaired) electrons. The first-order valence-electron chi connectivity index (χ1n) is 5.59. The Labute approximate surface area is 96.4 Å². The molecule has 0 aliphatic rings. The van der Waals surface area contributed by atoms with Gasteiger partial charge in [0.1, 0.15) is 0 Å². The second-order valence-corrected chi connectivity index (χ2v) is 4.04. The third-order valence-electron chi connectivity index (χ3n) is 2.61. The summed E-state index contributed by atoms with van der Waals surface area (Å²) < 4.78 is 0. The average molecular weight is 212 g/mol. The molecule has 2 nitrogen and oxygen atoms in total. The largest absolute Gasteiger partial charge is 0.258 e. The predicted molar refractivity (Wildman–Crippen MR) is 66.3 cm³/mol. The van der Waals surface area contributed by atoms with E-state index in [0.29, 0.717) is 0 Å². The highest BCUT2D eigenvalue weighted by Crippen LogP contribution is 2.19. The molecule has 0 unspecified atom stereocenters. The van der Waals surface area contributed by atoms with Crippen molar-refractivity contribution in [3.8, 4) is 11.3 Å². The van der Waals surface area contributed by atoms with Gasteiger partial charge in [-0.15, -0.1) is 0 Å². The Morgan fingerprint density at radius 2 is 1.75 bits per heavy atom. The van der Waals surface area contributed by atoms with E-state index in [4.69, 9.17) is 0 Å². The lowest BCUT2D eigenvalue weighted by Gasteiger charge is -2.05. The lowest BCUT2D eigenvalue weighted by atomic mass is 10.1. The summed E-state index contributed by atoms with van der Waals surface area (Å²) in [5.74, 6) is 0. The molecule has 2 aromatic rings. The molecule has 0 atom stereocenters. The molecular formula is C14H16N2. The van der Waals surface area contributed by atoms with Gasteiger partial charge in [0.25, 0.3) is 0 Å². The van der Waals surface area contributed by atoms with Gasteiger partial charge in [-0.1, -0.05) is 6.92 Å². The van der Waals surface area contributed by atoms with Gasteiger partial charge in [-0.3, -0.25) is 9.97 Å². The Kier molecular flexibility index (Phi) is 3.00. The highest BCUT2D eigenvalue weighted by molar-refractivity contribution is 5.60. The van der Waals surface area contributed by atoms with Crippen LogP contribution in [0.5, 0.6) is 0 Å². The van der Waals surface area contributed by atoms with Crippen LogP contribution in [0.1, 0.15) is 23.9 Å². The van der Waals surface area contributed by atoms with Crippen LogP contribution in [0.3, 0.4) is 0 Å². The van der Waals surface area contributed by atoms with Gasteiger partial charge in [0.05, 0.1) is 5.69 Å². The van der Waals surface area contributed by atoms with E-state index in [1.54, 1.807) is 0 Å². The molecular weight excluding hydrogens is 196 g/mol. The minimum atomic E-state index is 1.04. The molecule has 2 aromatic heterocycles. The number of pyridine rings is 2. The Balaban J connectivity index is 2.49. The first-order valence-corrected chi connectivity index (χ1v) is 5.59. The standard InChI is InChI=1S/C14H16N2/c1-4-12-5-6-15-14(9-12)13-7-10(2)16-11(3)8-13/h5-9H,4H2,1-3H3. The number of aryl methyl sites for hydroxylation is 3. The van der Waals surface area contributed by atoms with Crippen LogP contribution in [0, 0.1) is 13.8 Å². The fraction of sp³-hybridized carbons (Fsp3) is 0.286. The fourth-order valence-corrected chi connectivity index (χ4v) is 1.83. The molecule has 0 saturated carbocycles. The summed E-state index contributed by atoms with van der Waals surface area (Å²) in [5.41, 5.74) is 5.59. The van der Waals surface area contributed by atoms with E-state index < -0.39 is 0 Å². The topological polar surface area (TPSA) is 25.8 Å². The van der Waals surface area contributed by atoms with Crippen LogP contribution < -0.4 is 0 Å². The molecule has 2 heterocycles. The number of aromatic nitrogens is 2. The number of nitrogens with zero attached hydrogens (tertiary/aromatic N) is 2. The Morgan fingerprint density at radius 1 is 1.06 bits per heavy atom. The highest BCUT2D eigenvalue weighted by atomic mass is 14.7. The van der Waals surface area contributed by atoms with Crippen molar-refractivity contribution in [3.05, 3.63) is 47.4 Å². The van der Waals surface area contributed by atoms with Crippen molar-refractivity contribution in [2.75, 3.05) is 0 Å². The second-order valence-electron chi connectivity index (χ2n) is 4.04. The zero-order valence-corrected chi connectivity index (χ0v) is 9.99. The van der Waals surface area contributed by atoms with Gasteiger partial charge in [-0.2, -0.15) is 0 Å². The van der Waals surface area contributed by atoms with E-state index in [1.165, 1.54) is 5.56 Å². The second kappa shape index (κ2) is 4.44. The summed E-state index contributed by atoms with van der Waals surface area (Å²) >= 11 is 0. The molecule has 0 aliphatic heterocycles. The first-order chi connectivity index (χ1) is 7.69. The quantitative estimate of drug-likeness (QED) is 0.763. The normalized spacial score (nSPS) is 10.4. The molecule has 2 rings (SSSR count). The van der Waals surface area contributed by atoms with Crippen molar-refractivity contribution in [2.45, 2.75) is 27.2 Å². The van der Waals surface area contributed by atoms with Crippen LogP contribution in [-0.2, 0) is 6.42 Å². The molecule has 0 bridgehead atoms. The lowest BCUT2D eigenvalue weighted by molar-refractivity contribution is 1.10. The summed E-state index contributed by atoms with van der Waals surface area (Å²) in [4.78, 5) is 8.79. The van der Waals surface area contributed by atoms with Crippen LogP contribution in [0.2, 0.25) is 0 Å². The smallest absolute Gasteiger partial charge is 0.0706 e. The Morgan fingerprint density at radius 3 is 2.38 bits per heavy atom. The van der Waals surface area contributed by atoms with Crippen molar-refractivity contribution >= 4 is 0 Å². The summed E-state index contributed by atoms with van der Waals surface area (Å²) in [7, 11) is 0. The minimum Gasteiger partial charge on any atom is -0.258 e. The van der Waals surface area contributed by atoms with Crippen LogP contribution in [0.15, 0.2) is 30.5 Å². The lowest BCUT2D eigenvalue weighted by Crippen LogP contribution is -1.91. The van der Waals surface area contributed by atoms with Crippen LogP contribution in [-0.4, -0.2) is 9.97 Å². The van der Waals surface area contributed by atoms with Crippen molar-refractivity contribution < 1.29 is 0 Å². The number of hydrogen-bond acceptors (Lipinski definition) is 2. The van der Waals surface area contributed by atoms with Gasteiger partial charge >= 0.3 is 0 Å².